The van der Waals surface area contributed by atoms with Crippen LogP contribution in [0, 0.1) is 12.7 Å². The molecule has 0 aromatic heterocycles. The Balaban J connectivity index is 1.85. The third-order valence-electron chi connectivity index (χ3n) is 4.45. The van der Waals surface area contributed by atoms with Crippen molar-refractivity contribution in [2.75, 3.05) is 23.8 Å². The quantitative estimate of drug-likeness (QED) is 0.540. The van der Waals surface area contributed by atoms with Crippen LogP contribution in [0.5, 0.6) is 5.75 Å². The fourth-order valence-corrected chi connectivity index (χ4v) is 4.34. The second-order valence-corrected chi connectivity index (χ2v) is 8.73. The molecule has 0 spiro atoms. The van der Waals surface area contributed by atoms with Crippen LogP contribution in [0.4, 0.5) is 15.8 Å². The summed E-state index contributed by atoms with van der Waals surface area (Å²) in [7, 11) is -3.85. The lowest BCUT2D eigenvalue weighted by molar-refractivity contribution is -0.114. The molecule has 3 aromatic carbocycles. The van der Waals surface area contributed by atoms with Gasteiger partial charge in [-0.05, 0) is 62.4 Å². The molecule has 0 heterocycles. The summed E-state index contributed by atoms with van der Waals surface area (Å²) >= 11 is 0. The van der Waals surface area contributed by atoms with E-state index in [1.54, 1.807) is 43.3 Å². The Hall–Kier alpha value is -3.39. The summed E-state index contributed by atoms with van der Waals surface area (Å²) in [6.07, 6.45) is 0. The minimum absolute atomic E-state index is 0.0110. The smallest absolute Gasteiger partial charge is 0.243 e. The van der Waals surface area contributed by atoms with Crippen LogP contribution < -0.4 is 15.4 Å². The maximum absolute atomic E-state index is 13.3. The summed E-state index contributed by atoms with van der Waals surface area (Å²) in [5.74, 6) is -0.398. The van der Waals surface area contributed by atoms with E-state index in [1.807, 2.05) is 6.92 Å². The Labute approximate surface area is 181 Å². The molecule has 0 aliphatic carbocycles. The molecule has 0 radical (unpaired) electrons. The van der Waals surface area contributed by atoms with E-state index < -0.39 is 21.6 Å². The monoisotopic (exact) mass is 442 g/mol. The standard InChI is InChI=1S/C23H23FN2O4S/c1-3-30-19-10-13-21(25-15-23(27)26-18-8-6-17(24)7-9-18)22(14-19)31(28,29)20-11-4-16(2)5-12-20/h4-14,25H,3,15H2,1-2H3,(H,26,27). The SMILES string of the molecule is CCOc1ccc(NCC(=O)Nc2ccc(F)cc2)c(S(=O)(=O)c2ccc(C)cc2)c1. The maximum atomic E-state index is 13.3. The molecule has 0 atom stereocenters. The van der Waals surface area contributed by atoms with Gasteiger partial charge in [0.05, 0.1) is 28.6 Å². The topological polar surface area (TPSA) is 84.5 Å². The molecular formula is C23H23FN2O4S. The number of anilines is 2. The van der Waals surface area contributed by atoms with Gasteiger partial charge >= 0.3 is 0 Å². The molecule has 2 N–H and O–H groups in total. The molecule has 31 heavy (non-hydrogen) atoms. The van der Waals surface area contributed by atoms with E-state index in [-0.39, 0.29) is 22.0 Å². The van der Waals surface area contributed by atoms with Crippen molar-refractivity contribution in [3.8, 4) is 5.75 Å². The first-order valence-electron chi connectivity index (χ1n) is 9.67. The molecule has 0 unspecified atom stereocenters. The molecule has 1 amide bonds. The van der Waals surface area contributed by atoms with Gasteiger partial charge in [0.1, 0.15) is 11.6 Å². The Bertz CT molecular complexity index is 1160. The van der Waals surface area contributed by atoms with Crippen LogP contribution in [-0.4, -0.2) is 27.5 Å². The van der Waals surface area contributed by atoms with Crippen molar-refractivity contribution in [2.24, 2.45) is 0 Å². The summed E-state index contributed by atoms with van der Waals surface area (Å²) in [5.41, 5.74) is 1.66. The van der Waals surface area contributed by atoms with Crippen molar-refractivity contribution in [2.45, 2.75) is 23.6 Å². The van der Waals surface area contributed by atoms with Crippen molar-refractivity contribution < 1.29 is 22.3 Å². The molecule has 0 aliphatic heterocycles. The van der Waals surface area contributed by atoms with Gasteiger partial charge in [-0.2, -0.15) is 0 Å². The summed E-state index contributed by atoms with van der Waals surface area (Å²) in [5, 5.41) is 5.51. The lowest BCUT2D eigenvalue weighted by Crippen LogP contribution is -2.22. The van der Waals surface area contributed by atoms with E-state index in [0.717, 1.165) is 5.56 Å². The van der Waals surface area contributed by atoms with Crippen LogP contribution in [0.3, 0.4) is 0 Å². The number of carbonyl (C=O) groups excluding carboxylic acids is 1. The average Bonchev–Trinajstić information content (AvgIpc) is 2.75. The highest BCUT2D eigenvalue weighted by Crippen LogP contribution is 2.31. The van der Waals surface area contributed by atoms with Crippen molar-refractivity contribution in [1.82, 2.24) is 0 Å². The molecule has 0 aliphatic rings. The predicted octanol–water partition coefficient (Wildman–Crippen LogP) is 4.42. The molecule has 0 bridgehead atoms. The Morgan fingerprint density at radius 3 is 2.32 bits per heavy atom. The number of rotatable bonds is 8. The number of sulfone groups is 1. The lowest BCUT2D eigenvalue weighted by atomic mass is 10.2. The zero-order valence-electron chi connectivity index (χ0n) is 17.2. The molecule has 3 rings (SSSR count). The number of amides is 1. The van der Waals surface area contributed by atoms with Gasteiger partial charge in [-0.3, -0.25) is 4.79 Å². The first-order chi connectivity index (χ1) is 14.8. The largest absolute Gasteiger partial charge is 0.494 e. The van der Waals surface area contributed by atoms with E-state index >= 15 is 0 Å². The zero-order chi connectivity index (χ0) is 22.4. The van der Waals surface area contributed by atoms with E-state index in [2.05, 4.69) is 10.6 Å². The van der Waals surface area contributed by atoms with E-state index in [1.165, 1.54) is 30.3 Å². The third-order valence-corrected chi connectivity index (χ3v) is 6.26. The molecule has 8 heteroatoms. The molecular weight excluding hydrogens is 419 g/mol. The van der Waals surface area contributed by atoms with Gasteiger partial charge in [0.2, 0.25) is 15.7 Å². The number of carbonyl (C=O) groups is 1. The van der Waals surface area contributed by atoms with Gasteiger partial charge in [-0.1, -0.05) is 17.7 Å². The van der Waals surface area contributed by atoms with Crippen molar-refractivity contribution in [3.63, 3.8) is 0 Å². The normalized spacial score (nSPS) is 11.1. The van der Waals surface area contributed by atoms with E-state index in [4.69, 9.17) is 4.74 Å². The zero-order valence-corrected chi connectivity index (χ0v) is 18.0. The second kappa shape index (κ2) is 9.61. The van der Waals surface area contributed by atoms with E-state index in [0.29, 0.717) is 18.0 Å². The number of halogens is 1. The highest BCUT2D eigenvalue weighted by Gasteiger charge is 2.23. The molecule has 3 aromatic rings. The number of hydrogen-bond acceptors (Lipinski definition) is 5. The number of nitrogens with one attached hydrogen (secondary N) is 2. The van der Waals surface area contributed by atoms with Gasteiger partial charge in [-0.25, -0.2) is 12.8 Å². The van der Waals surface area contributed by atoms with Crippen LogP contribution in [0.25, 0.3) is 0 Å². The third kappa shape index (κ3) is 5.61. The molecule has 0 saturated carbocycles. The molecule has 0 saturated heterocycles. The summed E-state index contributed by atoms with van der Waals surface area (Å²) in [6.45, 7) is 3.89. The number of aryl methyl sites for hydroxylation is 1. The Morgan fingerprint density at radius 1 is 1.00 bits per heavy atom. The predicted molar refractivity (Wildman–Crippen MR) is 118 cm³/mol. The number of benzene rings is 3. The van der Waals surface area contributed by atoms with Crippen LogP contribution in [0.1, 0.15) is 12.5 Å². The highest BCUT2D eigenvalue weighted by molar-refractivity contribution is 7.91. The van der Waals surface area contributed by atoms with Crippen LogP contribution in [0.2, 0.25) is 0 Å². The fourth-order valence-electron chi connectivity index (χ4n) is 2.89. The number of ether oxygens (including phenoxy) is 1. The minimum Gasteiger partial charge on any atom is -0.494 e. The van der Waals surface area contributed by atoms with Gasteiger partial charge in [0, 0.05) is 11.8 Å². The molecule has 162 valence electrons. The summed E-state index contributed by atoms with van der Waals surface area (Å²) in [6, 6.07) is 16.5. The maximum Gasteiger partial charge on any atom is 0.243 e. The second-order valence-electron chi connectivity index (χ2n) is 6.82. The van der Waals surface area contributed by atoms with Crippen LogP contribution >= 0.6 is 0 Å². The van der Waals surface area contributed by atoms with Crippen LogP contribution in [-0.2, 0) is 14.6 Å². The van der Waals surface area contributed by atoms with Crippen LogP contribution in [0.15, 0.2) is 76.5 Å². The van der Waals surface area contributed by atoms with Gasteiger partial charge in [-0.15, -0.1) is 0 Å². The first-order valence-corrected chi connectivity index (χ1v) is 11.2. The van der Waals surface area contributed by atoms with Crippen molar-refractivity contribution in [1.29, 1.82) is 0 Å². The minimum atomic E-state index is -3.85. The van der Waals surface area contributed by atoms with Gasteiger partial charge < -0.3 is 15.4 Å². The Kier molecular flexibility index (Phi) is 6.91. The van der Waals surface area contributed by atoms with Crippen molar-refractivity contribution >= 4 is 27.1 Å². The van der Waals surface area contributed by atoms with Crippen molar-refractivity contribution in [3.05, 3.63) is 78.1 Å². The first kappa shape index (κ1) is 22.3. The lowest BCUT2D eigenvalue weighted by Gasteiger charge is -2.15. The number of hydrogen-bond donors (Lipinski definition) is 2. The van der Waals surface area contributed by atoms with Gasteiger partial charge in [0.15, 0.2) is 0 Å². The summed E-state index contributed by atoms with van der Waals surface area (Å²) < 4.78 is 45.0. The summed E-state index contributed by atoms with van der Waals surface area (Å²) in [4.78, 5) is 12.4. The van der Waals surface area contributed by atoms with Gasteiger partial charge in [0.25, 0.3) is 0 Å². The molecule has 6 nitrogen and oxygen atoms in total. The fraction of sp³-hybridized carbons (Fsp3) is 0.174. The molecule has 0 fully saturated rings. The highest BCUT2D eigenvalue weighted by atomic mass is 32.2. The van der Waals surface area contributed by atoms with E-state index in [9.17, 15) is 17.6 Å². The average molecular weight is 443 g/mol. The Morgan fingerprint density at radius 2 is 1.68 bits per heavy atom.